The minimum atomic E-state index is -1.38. The molecule has 5 amide bonds. The summed E-state index contributed by atoms with van der Waals surface area (Å²) in [5, 5.41) is 22.0. The number of primary amides is 1. The third-order valence-electron chi connectivity index (χ3n) is 11.6. The Bertz CT molecular complexity index is 2650. The number of carboxylic acid groups (broad SMARTS) is 1. The van der Waals surface area contributed by atoms with Gasteiger partial charge in [-0.05, 0) is 78.4 Å². The molecule has 0 bridgehead atoms. The van der Waals surface area contributed by atoms with Crippen LogP contribution in [0.4, 0.5) is 0 Å². The predicted molar refractivity (Wildman–Crippen MR) is 281 cm³/mol. The van der Waals surface area contributed by atoms with Crippen LogP contribution in [-0.2, 0) is 52.8 Å². The number of nitrogens with one attached hydrogen (secondary N) is 4. The molecule has 13 nitrogen and oxygen atoms in total. The van der Waals surface area contributed by atoms with Gasteiger partial charge in [0.1, 0.15) is 35.5 Å². The van der Waals surface area contributed by atoms with Gasteiger partial charge in [0, 0.05) is 42.9 Å². The van der Waals surface area contributed by atoms with Crippen molar-refractivity contribution in [3.8, 4) is 5.75 Å². The monoisotopic (exact) mass is 1010 g/mol. The van der Waals surface area contributed by atoms with Gasteiger partial charge in [0.05, 0.1) is 4.75 Å². The molecule has 6 aromatic rings. The lowest BCUT2D eigenvalue weighted by Crippen LogP contribution is -2.59. The topological polar surface area (TPSA) is 206 Å². The molecule has 0 aromatic heterocycles. The molecule has 0 aliphatic heterocycles. The number of hydrogen-bond donors (Lipinski definition) is 6. The number of nitrogens with two attached hydrogens (primary N) is 1. The standard InChI is InChI=1S/C57H60ClN5O8S/c1-56(2,3)71-45-30-26-40(27-31-45)35-47(53(67)62-48(55(69)70)36-38-16-8-4-9-17-38)61-54(68)49(63-52(66)46(60-51(65)33-32-50(59)64)34-39-24-28-44(58)29-25-39)37-72-57(41-18-10-5-11-19-41,42-20-12-6-13-21-42)43-22-14-7-15-23-43/h4-31,46-49H,32-37H2,1-3H3,(H2,59,64)(H,60,65)(H,61,68)(H,62,67)(H,63,66)(H,69,70)/t46-,47-,48+,49+/m0/s1. The van der Waals surface area contributed by atoms with E-state index in [1.54, 1.807) is 78.9 Å². The van der Waals surface area contributed by atoms with Crippen LogP contribution in [0.15, 0.2) is 170 Å². The molecule has 0 radical (unpaired) electrons. The maximum Gasteiger partial charge on any atom is 0.326 e. The van der Waals surface area contributed by atoms with Crippen LogP contribution in [0.1, 0.15) is 67.0 Å². The van der Waals surface area contributed by atoms with Gasteiger partial charge in [-0.3, -0.25) is 24.0 Å². The zero-order valence-electron chi connectivity index (χ0n) is 40.4. The zero-order chi connectivity index (χ0) is 51.7. The lowest BCUT2D eigenvalue weighted by Gasteiger charge is -2.37. The number of hydrogen-bond acceptors (Lipinski definition) is 8. The van der Waals surface area contributed by atoms with Crippen LogP contribution in [0.2, 0.25) is 5.02 Å². The molecule has 15 heteroatoms. The summed E-state index contributed by atoms with van der Waals surface area (Å²) < 4.78 is 5.07. The SMILES string of the molecule is CC(C)(C)Oc1ccc(C[C@H](NC(=O)[C@@H](CSC(c2ccccc2)(c2ccccc2)c2ccccc2)NC(=O)[C@H](Cc2ccc(Cl)cc2)NC(=O)CCC(N)=O)C(=O)N[C@H](Cc2ccccc2)C(=O)O)cc1. The molecule has 0 aliphatic carbocycles. The number of thioether (sulfide) groups is 1. The van der Waals surface area contributed by atoms with Crippen molar-refractivity contribution >= 4 is 58.9 Å². The maximum atomic E-state index is 15.2. The summed E-state index contributed by atoms with van der Waals surface area (Å²) in [6.07, 6.45) is -0.664. The molecule has 0 unspecified atom stereocenters. The molecule has 0 heterocycles. The van der Waals surface area contributed by atoms with E-state index in [1.165, 1.54) is 11.8 Å². The second kappa shape index (κ2) is 25.6. The molecule has 72 heavy (non-hydrogen) atoms. The molecule has 4 atom stereocenters. The Labute approximate surface area is 429 Å². The van der Waals surface area contributed by atoms with Gasteiger partial charge in [0.25, 0.3) is 0 Å². The number of carboxylic acids is 1. The predicted octanol–water partition coefficient (Wildman–Crippen LogP) is 7.56. The second-order valence-corrected chi connectivity index (χ2v) is 20.0. The first-order valence-electron chi connectivity index (χ1n) is 23.6. The summed E-state index contributed by atoms with van der Waals surface area (Å²) in [6.45, 7) is 5.75. The first kappa shape index (κ1) is 53.9. The van der Waals surface area contributed by atoms with E-state index < -0.39 is 70.0 Å². The van der Waals surface area contributed by atoms with E-state index in [4.69, 9.17) is 22.1 Å². The number of aliphatic carboxylic acids is 1. The number of ether oxygens (including phenoxy) is 1. The fraction of sp³-hybridized carbons (Fsp3) is 0.263. The lowest BCUT2D eigenvalue weighted by molar-refractivity contribution is -0.142. The molecule has 0 spiro atoms. The number of carbonyl (C=O) groups excluding carboxylic acids is 5. The largest absolute Gasteiger partial charge is 0.488 e. The van der Waals surface area contributed by atoms with Crippen molar-refractivity contribution < 1.29 is 38.6 Å². The Morgan fingerprint density at radius 1 is 0.528 bits per heavy atom. The number of carbonyl (C=O) groups is 6. The van der Waals surface area contributed by atoms with E-state index in [-0.39, 0.29) is 37.9 Å². The highest BCUT2D eigenvalue weighted by Crippen LogP contribution is 2.48. The van der Waals surface area contributed by atoms with Crippen molar-refractivity contribution in [3.05, 3.63) is 208 Å². The molecule has 374 valence electrons. The molecular formula is C57H60ClN5O8S. The Hall–Kier alpha value is -7.42. The first-order valence-corrected chi connectivity index (χ1v) is 24.9. The normalized spacial score (nSPS) is 13.1. The summed E-state index contributed by atoms with van der Waals surface area (Å²) >= 11 is 7.58. The van der Waals surface area contributed by atoms with Crippen molar-refractivity contribution in [2.24, 2.45) is 5.73 Å². The van der Waals surface area contributed by atoms with E-state index in [0.717, 1.165) is 16.7 Å². The van der Waals surface area contributed by atoms with Crippen molar-refractivity contribution in [3.63, 3.8) is 0 Å². The van der Waals surface area contributed by atoms with Crippen LogP contribution in [0, 0.1) is 0 Å². The van der Waals surface area contributed by atoms with Crippen LogP contribution in [0.3, 0.4) is 0 Å². The van der Waals surface area contributed by atoms with Crippen LogP contribution >= 0.6 is 23.4 Å². The minimum absolute atomic E-state index is 0.0211. The van der Waals surface area contributed by atoms with Gasteiger partial charge in [0.15, 0.2) is 0 Å². The third kappa shape index (κ3) is 15.8. The van der Waals surface area contributed by atoms with Gasteiger partial charge in [-0.25, -0.2) is 4.79 Å². The van der Waals surface area contributed by atoms with E-state index in [2.05, 4.69) is 21.3 Å². The van der Waals surface area contributed by atoms with Gasteiger partial charge in [-0.1, -0.05) is 157 Å². The smallest absolute Gasteiger partial charge is 0.326 e. The fourth-order valence-corrected chi connectivity index (χ4v) is 9.77. The molecule has 7 N–H and O–H groups in total. The van der Waals surface area contributed by atoms with Crippen molar-refractivity contribution in [1.82, 2.24) is 21.3 Å². The summed E-state index contributed by atoms with van der Waals surface area (Å²) in [4.78, 5) is 82.2. The maximum absolute atomic E-state index is 15.2. The third-order valence-corrected chi connectivity index (χ3v) is 13.5. The van der Waals surface area contributed by atoms with E-state index >= 15 is 4.79 Å². The van der Waals surface area contributed by atoms with Crippen molar-refractivity contribution in [1.29, 1.82) is 0 Å². The summed E-state index contributed by atoms with van der Waals surface area (Å²) in [5.41, 5.74) is 9.46. The Balaban J connectivity index is 1.41. The number of halogens is 1. The Kier molecular flexibility index (Phi) is 19.2. The highest BCUT2D eigenvalue weighted by molar-refractivity contribution is 8.00. The summed E-state index contributed by atoms with van der Waals surface area (Å²) in [6, 6.07) is 46.5. The van der Waals surface area contributed by atoms with Gasteiger partial charge >= 0.3 is 5.97 Å². The van der Waals surface area contributed by atoms with Crippen LogP contribution in [0.5, 0.6) is 5.75 Å². The van der Waals surface area contributed by atoms with Gasteiger partial charge in [-0.15, -0.1) is 11.8 Å². The van der Waals surface area contributed by atoms with Crippen molar-refractivity contribution in [2.45, 2.75) is 87.4 Å². The van der Waals surface area contributed by atoms with Crippen LogP contribution in [0.25, 0.3) is 0 Å². The number of benzene rings is 6. The molecule has 6 rings (SSSR count). The average molecular weight is 1010 g/mol. The summed E-state index contributed by atoms with van der Waals surface area (Å²) in [5.74, 6) is -4.34. The average Bonchev–Trinajstić information content (AvgIpc) is 3.36. The number of rotatable bonds is 24. The second-order valence-electron chi connectivity index (χ2n) is 18.3. The van der Waals surface area contributed by atoms with Gasteiger partial charge < -0.3 is 36.8 Å². The van der Waals surface area contributed by atoms with E-state index in [1.807, 2.05) is 112 Å². The van der Waals surface area contributed by atoms with Gasteiger partial charge in [0.2, 0.25) is 29.5 Å². The van der Waals surface area contributed by atoms with Crippen LogP contribution < -0.4 is 31.7 Å². The summed E-state index contributed by atoms with van der Waals surface area (Å²) in [7, 11) is 0. The molecule has 0 saturated carbocycles. The van der Waals surface area contributed by atoms with Crippen LogP contribution in [-0.4, -0.2) is 76.1 Å². The van der Waals surface area contributed by atoms with E-state index in [0.29, 0.717) is 27.5 Å². The molecule has 0 saturated heterocycles. The molecule has 0 aliphatic rings. The molecule has 6 aromatic carbocycles. The van der Waals surface area contributed by atoms with Crippen molar-refractivity contribution in [2.75, 3.05) is 5.75 Å². The molecule has 0 fully saturated rings. The number of amides is 5. The quantitative estimate of drug-likeness (QED) is 0.0331. The Morgan fingerprint density at radius 3 is 1.38 bits per heavy atom. The minimum Gasteiger partial charge on any atom is -0.488 e. The lowest BCUT2D eigenvalue weighted by atomic mass is 9.84. The molecular weight excluding hydrogens is 950 g/mol. The van der Waals surface area contributed by atoms with E-state index in [9.17, 15) is 29.1 Å². The highest BCUT2D eigenvalue weighted by atomic mass is 35.5. The first-order chi connectivity index (χ1) is 34.5. The Morgan fingerprint density at radius 2 is 0.917 bits per heavy atom. The fourth-order valence-electron chi connectivity index (χ4n) is 8.09. The zero-order valence-corrected chi connectivity index (χ0v) is 42.0. The van der Waals surface area contributed by atoms with Gasteiger partial charge in [-0.2, -0.15) is 0 Å². The highest BCUT2D eigenvalue weighted by Gasteiger charge is 2.40.